The first kappa shape index (κ1) is 12.1. The van der Waals surface area contributed by atoms with Crippen LogP contribution >= 0.6 is 0 Å². The minimum atomic E-state index is -2.85. The van der Waals surface area contributed by atoms with E-state index in [-0.39, 0.29) is 23.5 Å². The molecule has 0 aromatic carbocycles. The van der Waals surface area contributed by atoms with Gasteiger partial charge in [-0.3, -0.25) is 0 Å². The highest BCUT2D eigenvalue weighted by Gasteiger charge is 2.30. The van der Waals surface area contributed by atoms with E-state index < -0.39 is 9.84 Å². The third-order valence-electron chi connectivity index (χ3n) is 3.87. The van der Waals surface area contributed by atoms with Crippen LogP contribution in [-0.4, -0.2) is 45.9 Å². The summed E-state index contributed by atoms with van der Waals surface area (Å²) in [6.07, 6.45) is 2.39. The molecule has 1 aromatic heterocycles. The molecule has 2 aliphatic heterocycles. The van der Waals surface area contributed by atoms with Crippen LogP contribution in [0.25, 0.3) is 0 Å². The first-order valence-electron chi connectivity index (χ1n) is 6.35. The van der Waals surface area contributed by atoms with Gasteiger partial charge in [-0.25, -0.2) is 8.42 Å². The number of aliphatic hydroxyl groups is 1. The Balaban J connectivity index is 1.84. The van der Waals surface area contributed by atoms with E-state index in [1.807, 2.05) is 4.57 Å². The third kappa shape index (κ3) is 2.16. The molecule has 1 N–H and O–H groups in total. The van der Waals surface area contributed by atoms with Crippen molar-refractivity contribution in [2.75, 3.05) is 11.5 Å². The minimum absolute atomic E-state index is 0.167. The number of nitrogens with zero attached hydrogens (tertiary/aromatic N) is 3. The van der Waals surface area contributed by atoms with Gasteiger partial charge in [-0.1, -0.05) is 0 Å². The van der Waals surface area contributed by atoms with Crippen molar-refractivity contribution in [3.05, 3.63) is 11.6 Å². The molecule has 2 aliphatic rings. The zero-order valence-corrected chi connectivity index (χ0v) is 10.9. The van der Waals surface area contributed by atoms with Gasteiger partial charge in [-0.2, -0.15) is 0 Å². The molecule has 0 bridgehead atoms. The first-order chi connectivity index (χ1) is 8.55. The molecule has 0 aliphatic carbocycles. The molecule has 0 saturated carbocycles. The van der Waals surface area contributed by atoms with E-state index in [0.29, 0.717) is 19.4 Å². The van der Waals surface area contributed by atoms with E-state index in [0.717, 1.165) is 24.5 Å². The van der Waals surface area contributed by atoms with Crippen LogP contribution in [0.15, 0.2) is 0 Å². The number of aryl methyl sites for hydroxylation is 1. The highest BCUT2D eigenvalue weighted by Crippen LogP contribution is 2.29. The van der Waals surface area contributed by atoms with Crippen LogP contribution in [0.3, 0.4) is 0 Å². The van der Waals surface area contributed by atoms with E-state index in [1.54, 1.807) is 0 Å². The number of aliphatic hydroxyl groups excluding tert-OH is 1. The van der Waals surface area contributed by atoms with Gasteiger partial charge in [-0.15, -0.1) is 10.2 Å². The molecular weight excluding hydrogens is 254 g/mol. The van der Waals surface area contributed by atoms with Gasteiger partial charge in [0.25, 0.3) is 0 Å². The Morgan fingerprint density at radius 1 is 1.17 bits per heavy atom. The molecule has 0 amide bonds. The predicted molar refractivity (Wildman–Crippen MR) is 65.0 cm³/mol. The van der Waals surface area contributed by atoms with E-state index in [9.17, 15) is 13.5 Å². The summed E-state index contributed by atoms with van der Waals surface area (Å²) in [6, 6.07) is 0. The van der Waals surface area contributed by atoms with E-state index in [4.69, 9.17) is 0 Å². The maximum atomic E-state index is 11.4. The molecule has 0 spiro atoms. The van der Waals surface area contributed by atoms with Crippen LogP contribution < -0.4 is 0 Å². The Hall–Kier alpha value is -0.950. The number of rotatable bonds is 1. The van der Waals surface area contributed by atoms with Gasteiger partial charge in [0.2, 0.25) is 0 Å². The summed E-state index contributed by atoms with van der Waals surface area (Å²) < 4.78 is 24.8. The van der Waals surface area contributed by atoms with E-state index in [1.165, 1.54) is 0 Å². The van der Waals surface area contributed by atoms with Crippen LogP contribution in [0.4, 0.5) is 0 Å². The molecule has 1 saturated heterocycles. The molecule has 1 atom stereocenters. The largest absolute Gasteiger partial charge is 0.391 e. The van der Waals surface area contributed by atoms with Crippen molar-refractivity contribution in [1.82, 2.24) is 14.8 Å². The van der Waals surface area contributed by atoms with Crippen LogP contribution in [0.1, 0.15) is 36.8 Å². The second-order valence-corrected chi connectivity index (χ2v) is 7.51. The quantitative estimate of drug-likeness (QED) is 0.769. The molecule has 1 aromatic rings. The van der Waals surface area contributed by atoms with Gasteiger partial charge in [-0.05, 0) is 19.3 Å². The van der Waals surface area contributed by atoms with Crippen LogP contribution in [0.2, 0.25) is 0 Å². The summed E-state index contributed by atoms with van der Waals surface area (Å²) in [5, 5.41) is 18.1. The Labute approximate surface area is 106 Å². The molecule has 6 nitrogen and oxygen atoms in total. The normalized spacial score (nSPS) is 27.9. The topological polar surface area (TPSA) is 85.1 Å². The minimum Gasteiger partial charge on any atom is -0.391 e. The Morgan fingerprint density at radius 3 is 2.61 bits per heavy atom. The fraction of sp³-hybridized carbons (Fsp3) is 0.818. The van der Waals surface area contributed by atoms with Crippen molar-refractivity contribution >= 4 is 9.84 Å². The summed E-state index contributed by atoms with van der Waals surface area (Å²) >= 11 is 0. The van der Waals surface area contributed by atoms with Crippen molar-refractivity contribution in [3.8, 4) is 0 Å². The fourth-order valence-electron chi connectivity index (χ4n) is 2.78. The summed E-state index contributed by atoms with van der Waals surface area (Å²) in [4.78, 5) is 0. The molecule has 100 valence electrons. The lowest BCUT2D eigenvalue weighted by atomic mass is 10.0. The van der Waals surface area contributed by atoms with Gasteiger partial charge in [0.05, 0.1) is 24.2 Å². The zero-order valence-electron chi connectivity index (χ0n) is 10.1. The van der Waals surface area contributed by atoms with E-state index in [2.05, 4.69) is 10.2 Å². The molecule has 3 rings (SSSR count). The lowest BCUT2D eigenvalue weighted by molar-refractivity contribution is 0.128. The summed E-state index contributed by atoms with van der Waals surface area (Å²) in [6.45, 7) is 0.543. The first-order valence-corrected chi connectivity index (χ1v) is 8.18. The van der Waals surface area contributed by atoms with Crippen molar-refractivity contribution in [2.24, 2.45) is 0 Å². The lowest BCUT2D eigenvalue weighted by Crippen LogP contribution is -2.29. The number of sulfone groups is 1. The second kappa shape index (κ2) is 4.31. The Bertz CT molecular complexity index is 538. The fourth-order valence-corrected chi connectivity index (χ4v) is 4.27. The molecular formula is C11H17N3O3S. The van der Waals surface area contributed by atoms with Crippen molar-refractivity contribution in [1.29, 1.82) is 0 Å². The van der Waals surface area contributed by atoms with Gasteiger partial charge < -0.3 is 9.67 Å². The summed E-state index contributed by atoms with van der Waals surface area (Å²) in [5.41, 5.74) is 0. The molecule has 0 radical (unpaired) electrons. The van der Waals surface area contributed by atoms with Crippen LogP contribution in [0.5, 0.6) is 0 Å². The Morgan fingerprint density at radius 2 is 1.89 bits per heavy atom. The smallest absolute Gasteiger partial charge is 0.150 e. The third-order valence-corrected chi connectivity index (χ3v) is 5.59. The number of fused-ring (bicyclic) bond motifs is 1. The number of hydrogen-bond acceptors (Lipinski definition) is 5. The predicted octanol–water partition coefficient (Wildman–Crippen LogP) is -0.123. The molecule has 3 heterocycles. The van der Waals surface area contributed by atoms with Gasteiger partial charge in [0.15, 0.2) is 0 Å². The SMILES string of the molecule is O=S1(=O)CCC(c2nnc3n2CC(O)CC3)CC1. The van der Waals surface area contributed by atoms with Gasteiger partial charge >= 0.3 is 0 Å². The average Bonchev–Trinajstić information content (AvgIpc) is 2.72. The zero-order chi connectivity index (χ0) is 12.8. The van der Waals surface area contributed by atoms with Crippen LogP contribution in [0, 0.1) is 0 Å². The maximum Gasteiger partial charge on any atom is 0.150 e. The van der Waals surface area contributed by atoms with Crippen molar-refractivity contribution in [2.45, 2.75) is 44.2 Å². The van der Waals surface area contributed by atoms with Gasteiger partial charge in [0.1, 0.15) is 21.5 Å². The highest BCUT2D eigenvalue weighted by molar-refractivity contribution is 7.91. The molecule has 1 unspecified atom stereocenters. The van der Waals surface area contributed by atoms with Crippen LogP contribution in [-0.2, 0) is 22.8 Å². The molecule has 18 heavy (non-hydrogen) atoms. The number of hydrogen-bond donors (Lipinski definition) is 1. The molecule has 1 fully saturated rings. The molecule has 7 heteroatoms. The monoisotopic (exact) mass is 271 g/mol. The van der Waals surface area contributed by atoms with Crippen molar-refractivity contribution in [3.63, 3.8) is 0 Å². The second-order valence-electron chi connectivity index (χ2n) is 5.20. The summed E-state index contributed by atoms with van der Waals surface area (Å²) in [5.74, 6) is 2.42. The lowest BCUT2D eigenvalue weighted by Gasteiger charge is -2.25. The van der Waals surface area contributed by atoms with Gasteiger partial charge in [0, 0.05) is 12.3 Å². The highest BCUT2D eigenvalue weighted by atomic mass is 32.2. The van der Waals surface area contributed by atoms with Crippen molar-refractivity contribution < 1.29 is 13.5 Å². The summed E-state index contributed by atoms with van der Waals surface area (Å²) in [7, 11) is -2.85. The number of aromatic nitrogens is 3. The Kier molecular flexibility index (Phi) is 2.90. The standard InChI is InChI=1S/C11H17N3O3S/c15-9-1-2-10-12-13-11(14(10)7-9)8-3-5-18(16,17)6-4-8/h8-9,15H,1-7H2. The average molecular weight is 271 g/mol. The van der Waals surface area contributed by atoms with E-state index >= 15 is 0 Å². The maximum absolute atomic E-state index is 11.4.